The number of nitrogens with one attached hydrogen (secondary N) is 1. The van der Waals surface area contributed by atoms with Gasteiger partial charge in [-0.3, -0.25) is 0 Å². The minimum absolute atomic E-state index is 0.748. The first-order valence-electron chi connectivity index (χ1n) is 4.74. The first-order chi connectivity index (χ1) is 7.66. The summed E-state index contributed by atoms with van der Waals surface area (Å²) in [5.41, 5.74) is 2.29. The molecule has 1 N–H and O–H groups in total. The van der Waals surface area contributed by atoms with Gasteiger partial charge in [0.15, 0.2) is 0 Å². The Morgan fingerprint density at radius 2 is 2.00 bits per heavy atom. The fourth-order valence-electron chi connectivity index (χ4n) is 1.37. The number of rotatable bonds is 3. The molecule has 16 heavy (non-hydrogen) atoms. The Labute approximate surface area is 115 Å². The van der Waals surface area contributed by atoms with Crippen LogP contribution in [0.1, 0.15) is 10.6 Å². The second-order valence-electron chi connectivity index (χ2n) is 3.38. The Morgan fingerprint density at radius 3 is 2.56 bits per heavy atom. The summed E-state index contributed by atoms with van der Waals surface area (Å²) in [6.45, 7) is 2.82. The molecule has 0 aliphatic rings. The summed E-state index contributed by atoms with van der Waals surface area (Å²) in [6, 6.07) is 4.18. The average molecular weight is 362 g/mol. The molecule has 0 fully saturated rings. The van der Waals surface area contributed by atoms with Crippen molar-refractivity contribution in [2.24, 2.45) is 0 Å². The van der Waals surface area contributed by atoms with Crippen molar-refractivity contribution in [3.63, 3.8) is 0 Å². The zero-order valence-electron chi connectivity index (χ0n) is 8.63. The van der Waals surface area contributed by atoms with Crippen LogP contribution in [0.5, 0.6) is 0 Å². The van der Waals surface area contributed by atoms with Crippen LogP contribution in [-0.4, -0.2) is 4.98 Å². The van der Waals surface area contributed by atoms with E-state index in [9.17, 15) is 0 Å². The number of hydrogen-bond donors (Lipinski definition) is 1. The average Bonchev–Trinajstić information content (AvgIpc) is 2.68. The van der Waals surface area contributed by atoms with Crippen molar-refractivity contribution in [1.29, 1.82) is 0 Å². The second kappa shape index (κ2) is 5.29. The lowest BCUT2D eigenvalue weighted by atomic mass is 10.2. The maximum absolute atomic E-state index is 4.23. The molecule has 0 atom stereocenters. The van der Waals surface area contributed by atoms with Crippen molar-refractivity contribution in [2.45, 2.75) is 13.5 Å². The first-order valence-corrected chi connectivity index (χ1v) is 7.21. The van der Waals surface area contributed by atoms with Gasteiger partial charge in [0.25, 0.3) is 0 Å². The maximum Gasteiger partial charge on any atom is 0.112 e. The first kappa shape index (κ1) is 12.1. The number of aromatic nitrogens is 1. The molecule has 0 radical (unpaired) electrons. The Balaban J connectivity index is 2.15. The van der Waals surface area contributed by atoms with E-state index in [2.05, 4.69) is 61.2 Å². The predicted molar refractivity (Wildman–Crippen MR) is 76.0 cm³/mol. The van der Waals surface area contributed by atoms with Crippen LogP contribution in [0.25, 0.3) is 0 Å². The molecule has 0 spiro atoms. The molecule has 0 unspecified atom stereocenters. The monoisotopic (exact) mass is 360 g/mol. The van der Waals surface area contributed by atoms with E-state index >= 15 is 0 Å². The smallest absolute Gasteiger partial charge is 0.112 e. The SMILES string of the molecule is Cc1cc(Br)c(NCc2nccs2)c(Br)c1. The van der Waals surface area contributed by atoms with E-state index in [0.717, 1.165) is 26.2 Å². The van der Waals surface area contributed by atoms with Crippen LogP contribution < -0.4 is 5.32 Å². The zero-order valence-corrected chi connectivity index (χ0v) is 12.6. The molecule has 0 amide bonds. The largest absolute Gasteiger partial charge is 0.377 e. The van der Waals surface area contributed by atoms with Crippen LogP contribution in [0.2, 0.25) is 0 Å². The van der Waals surface area contributed by atoms with E-state index in [1.165, 1.54) is 5.56 Å². The molecular weight excluding hydrogens is 352 g/mol. The van der Waals surface area contributed by atoms with E-state index in [1.54, 1.807) is 11.3 Å². The Hall–Kier alpha value is -0.390. The van der Waals surface area contributed by atoms with Gasteiger partial charge in [-0.05, 0) is 56.5 Å². The molecule has 0 bridgehead atoms. The molecule has 2 nitrogen and oxygen atoms in total. The molecule has 1 aromatic carbocycles. The molecular formula is C11H10Br2N2S. The number of hydrogen-bond acceptors (Lipinski definition) is 3. The second-order valence-corrected chi connectivity index (χ2v) is 6.07. The van der Waals surface area contributed by atoms with Crippen LogP contribution in [-0.2, 0) is 6.54 Å². The predicted octanol–water partition coefficient (Wildman–Crippen LogP) is 4.59. The quantitative estimate of drug-likeness (QED) is 0.864. The molecule has 2 aromatic rings. The topological polar surface area (TPSA) is 24.9 Å². The van der Waals surface area contributed by atoms with Gasteiger partial charge in [0.05, 0.1) is 12.2 Å². The number of halogens is 2. The third kappa shape index (κ3) is 2.84. The summed E-state index contributed by atoms with van der Waals surface area (Å²) >= 11 is 8.76. The lowest BCUT2D eigenvalue weighted by molar-refractivity contribution is 1.10. The standard InChI is InChI=1S/C11H10Br2N2S/c1-7-4-8(12)11(9(13)5-7)15-6-10-14-2-3-16-10/h2-5,15H,6H2,1H3. The van der Waals surface area contributed by atoms with E-state index in [-0.39, 0.29) is 0 Å². The highest BCUT2D eigenvalue weighted by Crippen LogP contribution is 2.32. The van der Waals surface area contributed by atoms with Gasteiger partial charge >= 0.3 is 0 Å². The number of nitrogens with zero attached hydrogens (tertiary/aromatic N) is 1. The van der Waals surface area contributed by atoms with Crippen LogP contribution in [0.3, 0.4) is 0 Å². The van der Waals surface area contributed by atoms with Crippen LogP contribution in [0.4, 0.5) is 5.69 Å². The molecule has 0 aliphatic carbocycles. The summed E-state index contributed by atoms with van der Waals surface area (Å²) in [5, 5.41) is 6.43. The molecule has 84 valence electrons. The minimum atomic E-state index is 0.748. The fraction of sp³-hybridized carbons (Fsp3) is 0.182. The molecule has 0 saturated carbocycles. The van der Waals surface area contributed by atoms with Gasteiger partial charge in [0.2, 0.25) is 0 Å². The van der Waals surface area contributed by atoms with Crippen molar-refractivity contribution < 1.29 is 0 Å². The minimum Gasteiger partial charge on any atom is -0.377 e. The number of aryl methyl sites for hydroxylation is 1. The number of anilines is 1. The number of thiazole rings is 1. The van der Waals surface area contributed by atoms with E-state index < -0.39 is 0 Å². The summed E-state index contributed by atoms with van der Waals surface area (Å²) in [5.74, 6) is 0. The maximum atomic E-state index is 4.23. The van der Waals surface area contributed by atoms with Crippen molar-refractivity contribution in [3.8, 4) is 0 Å². The van der Waals surface area contributed by atoms with Gasteiger partial charge in [-0.1, -0.05) is 0 Å². The van der Waals surface area contributed by atoms with Gasteiger partial charge < -0.3 is 5.32 Å². The molecule has 1 aromatic heterocycles. The highest BCUT2D eigenvalue weighted by molar-refractivity contribution is 9.11. The van der Waals surface area contributed by atoms with Crippen molar-refractivity contribution in [1.82, 2.24) is 4.98 Å². The molecule has 2 rings (SSSR count). The van der Waals surface area contributed by atoms with Gasteiger partial charge in [-0.2, -0.15) is 0 Å². The van der Waals surface area contributed by atoms with Gasteiger partial charge in [0, 0.05) is 20.5 Å². The Morgan fingerprint density at radius 1 is 1.31 bits per heavy atom. The Kier molecular flexibility index (Phi) is 4.00. The van der Waals surface area contributed by atoms with Gasteiger partial charge in [0.1, 0.15) is 5.01 Å². The van der Waals surface area contributed by atoms with E-state index in [1.807, 2.05) is 11.6 Å². The van der Waals surface area contributed by atoms with E-state index in [4.69, 9.17) is 0 Å². The highest BCUT2D eigenvalue weighted by atomic mass is 79.9. The summed E-state index contributed by atoms with van der Waals surface area (Å²) in [7, 11) is 0. The fourth-order valence-corrected chi connectivity index (χ4v) is 3.62. The lowest BCUT2D eigenvalue weighted by Crippen LogP contribution is -2.00. The van der Waals surface area contributed by atoms with Crippen molar-refractivity contribution in [3.05, 3.63) is 43.2 Å². The summed E-state index contributed by atoms with van der Waals surface area (Å²) in [4.78, 5) is 4.23. The molecule has 5 heteroatoms. The summed E-state index contributed by atoms with van der Waals surface area (Å²) < 4.78 is 2.13. The van der Waals surface area contributed by atoms with E-state index in [0.29, 0.717) is 0 Å². The highest BCUT2D eigenvalue weighted by Gasteiger charge is 2.06. The van der Waals surface area contributed by atoms with Crippen LogP contribution in [0, 0.1) is 6.92 Å². The van der Waals surface area contributed by atoms with Crippen molar-refractivity contribution in [2.75, 3.05) is 5.32 Å². The zero-order chi connectivity index (χ0) is 11.5. The third-order valence-corrected chi connectivity index (χ3v) is 4.12. The normalized spacial score (nSPS) is 10.4. The van der Waals surface area contributed by atoms with Gasteiger partial charge in [-0.25, -0.2) is 4.98 Å². The number of benzene rings is 1. The molecule has 0 saturated heterocycles. The van der Waals surface area contributed by atoms with Crippen LogP contribution in [0.15, 0.2) is 32.7 Å². The molecule has 1 heterocycles. The molecule has 0 aliphatic heterocycles. The van der Waals surface area contributed by atoms with Crippen molar-refractivity contribution >= 4 is 48.9 Å². The Bertz CT molecular complexity index is 460. The van der Waals surface area contributed by atoms with Crippen LogP contribution >= 0.6 is 43.2 Å². The lowest BCUT2D eigenvalue weighted by Gasteiger charge is -2.10. The van der Waals surface area contributed by atoms with Gasteiger partial charge in [-0.15, -0.1) is 11.3 Å². The summed E-state index contributed by atoms with van der Waals surface area (Å²) in [6.07, 6.45) is 1.82. The third-order valence-electron chi connectivity index (χ3n) is 2.09.